The molecule has 1 unspecified atom stereocenters. The molecule has 0 aliphatic carbocycles. The largest absolute Gasteiger partial charge is 0.465 e. The summed E-state index contributed by atoms with van der Waals surface area (Å²) in [5.41, 5.74) is 0. The summed E-state index contributed by atoms with van der Waals surface area (Å²) in [5.74, 6) is -0.952. The van der Waals surface area contributed by atoms with Crippen molar-refractivity contribution in [3.8, 4) is 0 Å². The molecule has 0 spiro atoms. The first-order valence-electron chi connectivity index (χ1n) is 8.93. The van der Waals surface area contributed by atoms with Gasteiger partial charge in [-0.3, -0.25) is 9.59 Å². The third-order valence-electron chi connectivity index (χ3n) is 4.04. The van der Waals surface area contributed by atoms with E-state index in [-0.39, 0.29) is 12.2 Å². The van der Waals surface area contributed by atoms with E-state index in [2.05, 4.69) is 10.6 Å². The van der Waals surface area contributed by atoms with Crippen molar-refractivity contribution in [3.63, 3.8) is 0 Å². The molecule has 0 saturated carbocycles. The van der Waals surface area contributed by atoms with E-state index in [1.54, 1.807) is 0 Å². The first kappa shape index (κ1) is 20.9. The number of hydrogen-bond acceptors (Lipinski definition) is 5. The van der Waals surface area contributed by atoms with Crippen LogP contribution in [0.15, 0.2) is 0 Å². The Morgan fingerprint density at radius 1 is 1.04 bits per heavy atom. The van der Waals surface area contributed by atoms with E-state index in [9.17, 15) is 19.2 Å². The maximum absolute atomic E-state index is 11.7. The van der Waals surface area contributed by atoms with Gasteiger partial charge in [0, 0.05) is 19.4 Å². The van der Waals surface area contributed by atoms with Crippen LogP contribution in [0.1, 0.15) is 64.2 Å². The van der Waals surface area contributed by atoms with Gasteiger partial charge < -0.3 is 20.5 Å². The molecule has 0 aromatic carbocycles. The number of amides is 2. The Kier molecular flexibility index (Phi) is 10.3. The van der Waals surface area contributed by atoms with E-state index in [0.717, 1.165) is 44.9 Å². The van der Waals surface area contributed by atoms with Gasteiger partial charge in [0.15, 0.2) is 0 Å². The summed E-state index contributed by atoms with van der Waals surface area (Å²) in [6.45, 7) is 0.804. The first-order chi connectivity index (χ1) is 12.0. The molecule has 25 heavy (non-hydrogen) atoms. The Bertz CT molecular complexity index is 466. The second-order valence-electron chi connectivity index (χ2n) is 6.25. The second-order valence-corrected chi connectivity index (χ2v) is 6.25. The molecule has 2 amide bonds. The lowest BCUT2D eigenvalue weighted by molar-refractivity contribution is -0.142. The number of rotatable bonds is 13. The molecule has 8 nitrogen and oxygen atoms in total. The summed E-state index contributed by atoms with van der Waals surface area (Å²) in [4.78, 5) is 44.9. The summed E-state index contributed by atoms with van der Waals surface area (Å²) in [7, 11) is 0. The van der Waals surface area contributed by atoms with Gasteiger partial charge in [-0.25, -0.2) is 9.59 Å². The van der Waals surface area contributed by atoms with Gasteiger partial charge in [0.2, 0.25) is 5.91 Å². The molecule has 1 rings (SSSR count). The number of hydrogen-bond donors (Lipinski definition) is 3. The highest BCUT2D eigenvalue weighted by Crippen LogP contribution is 2.10. The molecule has 0 radical (unpaired) electrons. The minimum atomic E-state index is -0.985. The fourth-order valence-electron chi connectivity index (χ4n) is 2.67. The lowest BCUT2D eigenvalue weighted by Gasteiger charge is -2.08. The Balaban J connectivity index is 1.92. The maximum Gasteiger partial charge on any atom is 0.404 e. The molecule has 1 atom stereocenters. The summed E-state index contributed by atoms with van der Waals surface area (Å²) in [6.07, 6.45) is 6.35. The number of nitrogens with one attached hydrogen (secondary N) is 2. The second kappa shape index (κ2) is 12.3. The number of carboxylic acid groups (broad SMARTS) is 1. The van der Waals surface area contributed by atoms with Gasteiger partial charge in [-0.1, -0.05) is 32.1 Å². The van der Waals surface area contributed by atoms with Crippen molar-refractivity contribution in [1.29, 1.82) is 0 Å². The third kappa shape index (κ3) is 10.4. The van der Waals surface area contributed by atoms with Crippen LogP contribution in [0.5, 0.6) is 0 Å². The summed E-state index contributed by atoms with van der Waals surface area (Å²) in [5, 5.41) is 13.3. The Morgan fingerprint density at radius 3 is 2.28 bits per heavy atom. The van der Waals surface area contributed by atoms with Crippen LogP contribution in [0.25, 0.3) is 0 Å². The molecule has 3 N–H and O–H groups in total. The van der Waals surface area contributed by atoms with E-state index in [1.807, 2.05) is 0 Å². The van der Waals surface area contributed by atoms with Gasteiger partial charge in [0.25, 0.3) is 0 Å². The van der Waals surface area contributed by atoms with E-state index < -0.39 is 24.0 Å². The zero-order valence-corrected chi connectivity index (χ0v) is 14.6. The number of esters is 1. The number of ether oxygens (including phenoxy) is 1. The Hall–Kier alpha value is -2.12. The van der Waals surface area contributed by atoms with E-state index in [1.165, 1.54) is 0 Å². The standard InChI is InChI=1S/C17H28N2O6/c20-13(12-15(21)19-14-9-11-25-16(14)22)8-6-4-2-1-3-5-7-10-18-17(23)24/h14,18H,1-12H2,(H,19,21)(H,23,24). The van der Waals surface area contributed by atoms with Crippen molar-refractivity contribution in [1.82, 2.24) is 10.6 Å². The van der Waals surface area contributed by atoms with Crippen molar-refractivity contribution in [2.45, 2.75) is 70.3 Å². The average molecular weight is 356 g/mol. The number of unbranched alkanes of at least 4 members (excludes halogenated alkanes) is 6. The summed E-state index contributed by atoms with van der Waals surface area (Å²) in [6, 6.07) is -0.606. The van der Waals surface area contributed by atoms with Crippen molar-refractivity contribution in [2.24, 2.45) is 0 Å². The van der Waals surface area contributed by atoms with E-state index in [4.69, 9.17) is 9.84 Å². The molecule has 0 bridgehead atoms. The molecule has 0 aromatic rings. The van der Waals surface area contributed by atoms with Crippen LogP contribution >= 0.6 is 0 Å². The van der Waals surface area contributed by atoms with Gasteiger partial charge >= 0.3 is 12.1 Å². The molecule has 1 fully saturated rings. The van der Waals surface area contributed by atoms with Gasteiger partial charge in [0.1, 0.15) is 11.8 Å². The highest BCUT2D eigenvalue weighted by Gasteiger charge is 2.28. The minimum Gasteiger partial charge on any atom is -0.465 e. The van der Waals surface area contributed by atoms with Crippen LogP contribution in [-0.2, 0) is 19.1 Å². The monoisotopic (exact) mass is 356 g/mol. The van der Waals surface area contributed by atoms with E-state index >= 15 is 0 Å². The fourth-order valence-corrected chi connectivity index (χ4v) is 2.67. The lowest BCUT2D eigenvalue weighted by atomic mass is 10.1. The molecule has 8 heteroatoms. The van der Waals surface area contributed by atoms with Gasteiger partial charge in [-0.05, 0) is 12.8 Å². The van der Waals surface area contributed by atoms with Gasteiger partial charge in [-0.2, -0.15) is 0 Å². The predicted octanol–water partition coefficient (Wildman–Crippen LogP) is 1.77. The molecule has 1 saturated heterocycles. The number of carbonyl (C=O) groups is 4. The number of Topliss-reactive ketones (excluding diaryl/α,β-unsaturated/α-hetero) is 1. The maximum atomic E-state index is 11.7. The van der Waals surface area contributed by atoms with Crippen LogP contribution in [0.3, 0.4) is 0 Å². The normalized spacial score (nSPS) is 16.3. The Morgan fingerprint density at radius 2 is 1.68 bits per heavy atom. The molecular formula is C17H28N2O6. The summed E-state index contributed by atoms with van der Waals surface area (Å²) < 4.78 is 4.75. The highest BCUT2D eigenvalue weighted by molar-refractivity contribution is 5.99. The highest BCUT2D eigenvalue weighted by atomic mass is 16.5. The number of cyclic esters (lactones) is 1. The number of carbonyl (C=O) groups excluding carboxylic acids is 3. The van der Waals surface area contributed by atoms with Crippen LogP contribution in [0, 0.1) is 0 Å². The zero-order chi connectivity index (χ0) is 18.5. The first-order valence-corrected chi connectivity index (χ1v) is 8.93. The molecular weight excluding hydrogens is 328 g/mol. The lowest BCUT2D eigenvalue weighted by Crippen LogP contribution is -2.38. The molecule has 142 valence electrons. The van der Waals surface area contributed by atoms with Gasteiger partial charge in [0.05, 0.1) is 13.0 Å². The van der Waals surface area contributed by atoms with Crippen LogP contribution in [0.2, 0.25) is 0 Å². The SMILES string of the molecule is O=C(CCCCCCCCCNC(=O)O)CC(=O)NC1CCOC1=O. The van der Waals surface area contributed by atoms with E-state index in [0.29, 0.717) is 26.0 Å². The zero-order valence-electron chi connectivity index (χ0n) is 14.6. The minimum absolute atomic E-state index is 0.108. The smallest absolute Gasteiger partial charge is 0.404 e. The Labute approximate surface area is 147 Å². The van der Waals surface area contributed by atoms with Crippen molar-refractivity contribution in [2.75, 3.05) is 13.2 Å². The van der Waals surface area contributed by atoms with Crippen molar-refractivity contribution < 1.29 is 29.0 Å². The average Bonchev–Trinajstić information content (AvgIpc) is 2.93. The predicted molar refractivity (Wildman–Crippen MR) is 90.1 cm³/mol. The topological polar surface area (TPSA) is 122 Å². The summed E-state index contributed by atoms with van der Waals surface area (Å²) >= 11 is 0. The molecule has 1 aliphatic heterocycles. The molecule has 1 aliphatic rings. The van der Waals surface area contributed by atoms with Crippen molar-refractivity contribution >= 4 is 23.8 Å². The third-order valence-corrected chi connectivity index (χ3v) is 4.04. The molecule has 1 heterocycles. The van der Waals surface area contributed by atoms with Crippen LogP contribution in [0.4, 0.5) is 4.79 Å². The van der Waals surface area contributed by atoms with Gasteiger partial charge in [-0.15, -0.1) is 0 Å². The van der Waals surface area contributed by atoms with Crippen molar-refractivity contribution in [3.05, 3.63) is 0 Å². The van der Waals surface area contributed by atoms with Crippen LogP contribution in [-0.4, -0.2) is 48.1 Å². The molecule has 0 aromatic heterocycles. The fraction of sp³-hybridized carbons (Fsp3) is 0.765. The quantitative estimate of drug-likeness (QED) is 0.263. The number of ketones is 1. The van der Waals surface area contributed by atoms with Crippen LogP contribution < -0.4 is 10.6 Å².